The first-order valence-corrected chi connectivity index (χ1v) is 9.93. The van der Waals surface area contributed by atoms with Gasteiger partial charge in [-0.05, 0) is 45.9 Å². The second-order valence-corrected chi connectivity index (χ2v) is 8.23. The van der Waals surface area contributed by atoms with Crippen LogP contribution in [0.25, 0.3) is 5.65 Å². The van der Waals surface area contributed by atoms with Crippen LogP contribution in [-0.2, 0) is 11.3 Å². The molecule has 8 nitrogen and oxygen atoms in total. The maximum absolute atomic E-state index is 14.2. The highest BCUT2D eigenvalue weighted by molar-refractivity contribution is 6.03. The third kappa shape index (κ3) is 3.24. The van der Waals surface area contributed by atoms with Crippen LogP contribution in [0.2, 0.25) is 0 Å². The van der Waals surface area contributed by atoms with Crippen molar-refractivity contribution in [1.29, 1.82) is 0 Å². The molecule has 0 spiro atoms. The summed E-state index contributed by atoms with van der Waals surface area (Å²) in [5.74, 6) is 1.72. The van der Waals surface area contributed by atoms with Crippen molar-refractivity contribution >= 4 is 17.3 Å². The van der Waals surface area contributed by atoms with Gasteiger partial charge in [-0.3, -0.25) is 0 Å². The fourth-order valence-corrected chi connectivity index (χ4v) is 3.86. The molecule has 3 aromatic rings. The molecule has 0 aliphatic carbocycles. The van der Waals surface area contributed by atoms with Crippen LogP contribution in [0.1, 0.15) is 50.4 Å². The number of fused-ring (bicyclic) bond motifs is 2. The van der Waals surface area contributed by atoms with Crippen LogP contribution >= 0.6 is 0 Å². The molecule has 0 radical (unpaired) electrons. The van der Waals surface area contributed by atoms with E-state index in [1.807, 2.05) is 40.0 Å². The summed E-state index contributed by atoms with van der Waals surface area (Å²) in [6, 6.07) is 4.70. The number of nitrogens with zero attached hydrogens (tertiary/aromatic N) is 4. The van der Waals surface area contributed by atoms with Gasteiger partial charge in [-0.15, -0.1) is 0 Å². The first kappa shape index (κ1) is 18.8. The lowest BCUT2D eigenvalue weighted by molar-refractivity contribution is -0.0269. The summed E-state index contributed by atoms with van der Waals surface area (Å²) in [5.41, 5.74) is 5.25. The zero-order chi connectivity index (χ0) is 21.0. The number of nitrogens with one attached hydrogen (secondary N) is 2. The van der Waals surface area contributed by atoms with Gasteiger partial charge in [-0.25, -0.2) is 29.2 Å². The quantitative estimate of drug-likeness (QED) is 0.686. The van der Waals surface area contributed by atoms with Crippen LogP contribution in [0.5, 0.6) is 5.75 Å². The number of benzene rings is 1. The molecule has 0 unspecified atom stereocenters. The van der Waals surface area contributed by atoms with Crippen LogP contribution < -0.4 is 15.5 Å². The Bertz CT molecular complexity index is 1170. The number of aliphatic imine (C=N–C) groups is 1. The highest BCUT2D eigenvalue weighted by atomic mass is 19.1. The Labute approximate surface area is 173 Å². The summed E-state index contributed by atoms with van der Waals surface area (Å²) in [5, 5.41) is 7.69. The molecule has 2 atom stereocenters. The maximum atomic E-state index is 14.2. The van der Waals surface area contributed by atoms with Gasteiger partial charge in [0.05, 0.1) is 17.8 Å². The van der Waals surface area contributed by atoms with Crippen LogP contribution in [-0.4, -0.2) is 32.3 Å². The van der Waals surface area contributed by atoms with E-state index in [1.165, 1.54) is 6.07 Å². The Morgan fingerprint density at radius 2 is 2.20 bits per heavy atom. The van der Waals surface area contributed by atoms with Gasteiger partial charge in [-0.2, -0.15) is 5.10 Å². The lowest BCUT2D eigenvalue weighted by Crippen LogP contribution is -2.23. The first-order valence-electron chi connectivity index (χ1n) is 9.93. The largest absolute Gasteiger partial charge is 0.490 e. The number of anilines is 1. The molecule has 1 aromatic carbocycles. The third-order valence-corrected chi connectivity index (χ3v) is 5.22. The monoisotopic (exact) mass is 410 g/mol. The van der Waals surface area contributed by atoms with E-state index in [1.54, 1.807) is 16.8 Å². The molecule has 30 heavy (non-hydrogen) atoms. The van der Waals surface area contributed by atoms with E-state index in [9.17, 15) is 4.39 Å². The van der Waals surface area contributed by atoms with Gasteiger partial charge >= 0.3 is 0 Å². The molecule has 5 rings (SSSR count). The lowest BCUT2D eigenvalue weighted by atomic mass is 10.0. The van der Waals surface area contributed by atoms with Crippen molar-refractivity contribution in [3.63, 3.8) is 0 Å². The fraction of sp³-hybridized carbons (Fsp3) is 0.381. The molecule has 0 amide bonds. The molecular formula is C21H23FN6O2. The molecule has 0 bridgehead atoms. The SMILES string of the molecule is C[C@H]1Cc2cc(F)cc([C@@H](C)Nc3ccn4ncc(C5=NC(C)(C)ON5)c4n3)c2O1. The van der Waals surface area contributed by atoms with Crippen molar-refractivity contribution in [3.8, 4) is 5.75 Å². The van der Waals surface area contributed by atoms with Gasteiger partial charge < -0.3 is 10.1 Å². The molecule has 0 saturated heterocycles. The summed E-state index contributed by atoms with van der Waals surface area (Å²) in [6.45, 7) is 7.67. The number of rotatable bonds is 4. The average molecular weight is 410 g/mol. The highest BCUT2D eigenvalue weighted by Crippen LogP contribution is 2.37. The maximum Gasteiger partial charge on any atom is 0.182 e. The molecule has 2 aromatic heterocycles. The van der Waals surface area contributed by atoms with Gasteiger partial charge in [0.15, 0.2) is 17.2 Å². The molecule has 2 N–H and O–H groups in total. The minimum Gasteiger partial charge on any atom is -0.490 e. The molecule has 0 saturated carbocycles. The van der Waals surface area contributed by atoms with Crippen molar-refractivity contribution in [2.45, 2.75) is 52.0 Å². The zero-order valence-electron chi connectivity index (χ0n) is 17.2. The summed E-state index contributed by atoms with van der Waals surface area (Å²) >= 11 is 0. The Balaban J connectivity index is 1.46. The topological polar surface area (TPSA) is 85.1 Å². The minimum absolute atomic E-state index is 0.0442. The Morgan fingerprint density at radius 1 is 1.37 bits per heavy atom. The molecule has 156 valence electrons. The van der Waals surface area contributed by atoms with E-state index in [-0.39, 0.29) is 18.0 Å². The Morgan fingerprint density at radius 3 is 2.97 bits per heavy atom. The van der Waals surface area contributed by atoms with Gasteiger partial charge in [0.1, 0.15) is 23.5 Å². The standard InChI is InChI=1S/C21H23FN6O2/c1-11-7-13-8-14(22)9-15(18(13)29-11)12(2)24-17-5-6-28-20(25-17)16(10-23-28)19-26-21(3,4)30-27-19/h5-6,8-12H,7H2,1-4H3,(H,24,25)(H,26,27)/t11-,12+/m0/s1. The van der Waals surface area contributed by atoms with Gasteiger partial charge in [0, 0.05) is 23.7 Å². The van der Waals surface area contributed by atoms with Gasteiger partial charge in [0.25, 0.3) is 0 Å². The van der Waals surface area contributed by atoms with Crippen LogP contribution in [0, 0.1) is 5.82 Å². The number of amidine groups is 1. The molecule has 4 heterocycles. The fourth-order valence-electron chi connectivity index (χ4n) is 3.86. The van der Waals surface area contributed by atoms with Crippen LogP contribution in [0.15, 0.2) is 35.6 Å². The first-order chi connectivity index (χ1) is 14.3. The van der Waals surface area contributed by atoms with Gasteiger partial charge in [0.2, 0.25) is 0 Å². The van der Waals surface area contributed by atoms with E-state index in [2.05, 4.69) is 20.9 Å². The molecule has 2 aliphatic rings. The Hall–Kier alpha value is -3.20. The van der Waals surface area contributed by atoms with Crippen LogP contribution in [0.3, 0.4) is 0 Å². The van der Waals surface area contributed by atoms with Crippen molar-refractivity contribution in [2.24, 2.45) is 4.99 Å². The summed E-state index contributed by atoms with van der Waals surface area (Å²) < 4.78 is 21.8. The van der Waals surface area contributed by atoms with E-state index in [0.717, 1.165) is 22.4 Å². The Kier molecular flexibility index (Phi) is 4.18. The molecule has 9 heteroatoms. The number of ether oxygens (including phenoxy) is 1. The average Bonchev–Trinajstić information content (AvgIpc) is 3.36. The predicted molar refractivity (Wildman–Crippen MR) is 110 cm³/mol. The molecule has 2 aliphatic heterocycles. The predicted octanol–water partition coefficient (Wildman–Crippen LogP) is 3.38. The normalized spacial score (nSPS) is 20.4. The summed E-state index contributed by atoms with van der Waals surface area (Å²) in [7, 11) is 0. The summed E-state index contributed by atoms with van der Waals surface area (Å²) in [4.78, 5) is 14.7. The smallest absolute Gasteiger partial charge is 0.182 e. The minimum atomic E-state index is -0.650. The van der Waals surface area contributed by atoms with E-state index in [0.29, 0.717) is 23.7 Å². The number of aromatic nitrogens is 3. The summed E-state index contributed by atoms with van der Waals surface area (Å²) in [6.07, 6.45) is 4.27. The van der Waals surface area contributed by atoms with Crippen molar-refractivity contribution in [1.82, 2.24) is 20.1 Å². The van der Waals surface area contributed by atoms with Gasteiger partial charge in [-0.1, -0.05) is 0 Å². The second kappa shape index (κ2) is 6.66. The number of hydroxylamine groups is 1. The second-order valence-electron chi connectivity index (χ2n) is 8.23. The third-order valence-electron chi connectivity index (χ3n) is 5.22. The van der Waals surface area contributed by atoms with Crippen molar-refractivity contribution in [2.75, 3.05) is 5.32 Å². The number of halogens is 1. The molecule has 0 fully saturated rings. The zero-order valence-corrected chi connectivity index (χ0v) is 17.2. The van der Waals surface area contributed by atoms with Crippen molar-refractivity contribution < 1.29 is 14.0 Å². The molecular weight excluding hydrogens is 387 g/mol. The van der Waals surface area contributed by atoms with Crippen LogP contribution in [0.4, 0.5) is 10.2 Å². The number of hydrogen-bond donors (Lipinski definition) is 2. The van der Waals surface area contributed by atoms with E-state index >= 15 is 0 Å². The van der Waals surface area contributed by atoms with E-state index in [4.69, 9.17) is 14.6 Å². The lowest BCUT2D eigenvalue weighted by Gasteiger charge is -2.18. The van der Waals surface area contributed by atoms with Crippen molar-refractivity contribution in [3.05, 3.63) is 53.1 Å². The van der Waals surface area contributed by atoms with E-state index < -0.39 is 5.72 Å². The highest BCUT2D eigenvalue weighted by Gasteiger charge is 2.29. The number of hydrogen-bond acceptors (Lipinski definition) is 7.